The van der Waals surface area contributed by atoms with Gasteiger partial charge in [0.05, 0.1) is 19.5 Å². The van der Waals surface area contributed by atoms with Crippen LogP contribution in [-0.2, 0) is 28.4 Å². The monoisotopic (exact) mass is 476 g/mol. The van der Waals surface area contributed by atoms with Crippen LogP contribution in [0.3, 0.4) is 0 Å². The van der Waals surface area contributed by atoms with Crippen molar-refractivity contribution in [2.24, 2.45) is 0 Å². The van der Waals surface area contributed by atoms with Gasteiger partial charge >= 0.3 is 0 Å². The molecule has 9 nitrogen and oxygen atoms in total. The third-order valence-corrected chi connectivity index (χ3v) is 5.87. The molecule has 8 unspecified atom stereocenters. The summed E-state index contributed by atoms with van der Waals surface area (Å²) in [6.07, 6.45) is 2.10. The van der Waals surface area contributed by atoms with E-state index in [1.165, 1.54) is 0 Å². The minimum atomic E-state index is -1.28. The van der Waals surface area contributed by atoms with Gasteiger partial charge in [-0.3, -0.25) is 0 Å². The van der Waals surface area contributed by atoms with Crippen molar-refractivity contribution in [3.8, 4) is 0 Å². The topological polar surface area (TPSA) is 116 Å². The summed E-state index contributed by atoms with van der Waals surface area (Å²) in [5.74, 6) is 0. The van der Waals surface area contributed by atoms with E-state index in [9.17, 15) is 15.3 Å². The highest BCUT2D eigenvalue weighted by atomic mass is 16.7. The smallest absolute Gasteiger partial charge is 0.187 e. The summed E-state index contributed by atoms with van der Waals surface area (Å²) in [6.45, 7) is 7.66. The van der Waals surface area contributed by atoms with Crippen LogP contribution in [0.2, 0.25) is 0 Å². The van der Waals surface area contributed by atoms with Crippen molar-refractivity contribution in [1.29, 1.82) is 0 Å². The summed E-state index contributed by atoms with van der Waals surface area (Å²) < 4.78 is 35.7. The molecular formula is C24H44O9. The standard InChI is InChI=1S/C24H44O9/c1-4-7-11-28-16-19-22(17(10-14-30-19)29-12-8-5-2)33-24-23(31-13-9-6-3)21(27)20(26)18(15-25)32-24/h10,14,17-27H,4-9,11-13,15-16H2,1-3H3. The Morgan fingerprint density at radius 1 is 0.818 bits per heavy atom. The zero-order valence-electron chi connectivity index (χ0n) is 20.3. The van der Waals surface area contributed by atoms with E-state index < -0.39 is 55.6 Å². The van der Waals surface area contributed by atoms with E-state index in [2.05, 4.69) is 13.8 Å². The first-order valence-corrected chi connectivity index (χ1v) is 12.5. The van der Waals surface area contributed by atoms with Crippen LogP contribution >= 0.6 is 0 Å². The van der Waals surface area contributed by atoms with Crippen molar-refractivity contribution >= 4 is 0 Å². The van der Waals surface area contributed by atoms with Gasteiger partial charge in [-0.1, -0.05) is 40.0 Å². The van der Waals surface area contributed by atoms with Gasteiger partial charge in [0.15, 0.2) is 12.4 Å². The molecule has 9 heteroatoms. The van der Waals surface area contributed by atoms with Gasteiger partial charge in [0.1, 0.15) is 36.6 Å². The van der Waals surface area contributed by atoms with Crippen LogP contribution in [0.15, 0.2) is 12.3 Å². The maximum absolute atomic E-state index is 10.7. The molecule has 2 rings (SSSR count). The second-order valence-electron chi connectivity index (χ2n) is 8.62. The predicted molar refractivity (Wildman–Crippen MR) is 122 cm³/mol. The van der Waals surface area contributed by atoms with Gasteiger partial charge in [-0.25, -0.2) is 0 Å². The number of aliphatic hydroxyl groups excluding tert-OH is 3. The van der Waals surface area contributed by atoms with Gasteiger partial charge in [-0.15, -0.1) is 0 Å². The largest absolute Gasteiger partial charge is 0.493 e. The Hall–Kier alpha value is -0.780. The molecule has 1 saturated heterocycles. The van der Waals surface area contributed by atoms with Gasteiger partial charge in [0.2, 0.25) is 0 Å². The summed E-state index contributed by atoms with van der Waals surface area (Å²) in [5.41, 5.74) is 0. The molecule has 0 bridgehead atoms. The molecule has 3 N–H and O–H groups in total. The summed E-state index contributed by atoms with van der Waals surface area (Å²) >= 11 is 0. The number of unbranched alkanes of at least 4 members (excludes halogenated alkanes) is 3. The van der Waals surface area contributed by atoms with Crippen LogP contribution in [0.1, 0.15) is 59.3 Å². The molecule has 0 aromatic heterocycles. The van der Waals surface area contributed by atoms with Crippen molar-refractivity contribution in [2.45, 2.75) is 108 Å². The molecule has 0 spiro atoms. The molecular weight excluding hydrogens is 432 g/mol. The van der Waals surface area contributed by atoms with Crippen molar-refractivity contribution in [3.63, 3.8) is 0 Å². The molecule has 0 saturated carbocycles. The Morgan fingerprint density at radius 2 is 1.48 bits per heavy atom. The molecule has 0 aromatic carbocycles. The molecule has 0 radical (unpaired) electrons. The van der Waals surface area contributed by atoms with E-state index in [1.54, 1.807) is 12.3 Å². The quantitative estimate of drug-likeness (QED) is 0.287. The lowest BCUT2D eigenvalue weighted by atomic mass is 9.98. The van der Waals surface area contributed by atoms with Gasteiger partial charge < -0.3 is 43.7 Å². The lowest BCUT2D eigenvalue weighted by Crippen LogP contribution is -2.62. The number of aliphatic hydroxyl groups is 3. The van der Waals surface area contributed by atoms with E-state index >= 15 is 0 Å². The van der Waals surface area contributed by atoms with Gasteiger partial charge in [-0.2, -0.15) is 0 Å². The Balaban J connectivity index is 2.16. The van der Waals surface area contributed by atoms with E-state index in [0.717, 1.165) is 38.5 Å². The number of hydrogen-bond acceptors (Lipinski definition) is 9. The average molecular weight is 477 g/mol. The molecule has 194 valence electrons. The van der Waals surface area contributed by atoms with Crippen LogP contribution in [-0.4, -0.2) is 97.4 Å². The Kier molecular flexibility index (Phi) is 13.8. The number of ether oxygens (including phenoxy) is 6. The first-order valence-electron chi connectivity index (χ1n) is 12.5. The van der Waals surface area contributed by atoms with Crippen LogP contribution < -0.4 is 0 Å². The summed E-state index contributed by atoms with van der Waals surface area (Å²) in [4.78, 5) is 0. The fourth-order valence-corrected chi connectivity index (χ4v) is 3.74. The van der Waals surface area contributed by atoms with Crippen LogP contribution in [0.5, 0.6) is 0 Å². The second-order valence-corrected chi connectivity index (χ2v) is 8.62. The number of rotatable bonds is 16. The summed E-state index contributed by atoms with van der Waals surface area (Å²) in [5, 5.41) is 30.7. The fourth-order valence-electron chi connectivity index (χ4n) is 3.74. The highest BCUT2D eigenvalue weighted by molar-refractivity contribution is 5.00. The van der Waals surface area contributed by atoms with Crippen LogP contribution in [0.25, 0.3) is 0 Å². The molecule has 0 aliphatic carbocycles. The maximum Gasteiger partial charge on any atom is 0.187 e. The first-order chi connectivity index (χ1) is 16.1. The third-order valence-electron chi connectivity index (χ3n) is 5.87. The SMILES string of the molecule is CCCCOCC1OC=CC(OCCCC)C1OC1OC(CO)C(O)C(O)C1OCCCC. The van der Waals surface area contributed by atoms with Gasteiger partial charge in [0.25, 0.3) is 0 Å². The number of hydrogen-bond donors (Lipinski definition) is 3. The van der Waals surface area contributed by atoms with E-state index in [-0.39, 0.29) is 0 Å². The highest BCUT2D eigenvalue weighted by Gasteiger charge is 2.48. The molecule has 2 heterocycles. The van der Waals surface area contributed by atoms with Crippen molar-refractivity contribution in [3.05, 3.63) is 12.3 Å². The molecule has 0 amide bonds. The maximum atomic E-state index is 10.7. The summed E-state index contributed by atoms with van der Waals surface area (Å²) in [7, 11) is 0. The zero-order valence-corrected chi connectivity index (χ0v) is 20.3. The van der Waals surface area contributed by atoms with E-state index in [1.807, 2.05) is 6.92 Å². The highest BCUT2D eigenvalue weighted by Crippen LogP contribution is 2.29. The van der Waals surface area contributed by atoms with Crippen molar-refractivity contribution < 1.29 is 43.7 Å². The Labute approximate surface area is 197 Å². The molecule has 2 aliphatic heterocycles. The second kappa shape index (κ2) is 16.0. The zero-order chi connectivity index (χ0) is 24.1. The minimum absolute atomic E-state index is 0.311. The molecule has 8 atom stereocenters. The third kappa shape index (κ3) is 8.74. The van der Waals surface area contributed by atoms with Gasteiger partial charge in [0, 0.05) is 19.8 Å². The lowest BCUT2D eigenvalue weighted by Gasteiger charge is -2.44. The predicted octanol–water partition coefficient (Wildman–Crippen LogP) is 1.91. The van der Waals surface area contributed by atoms with Gasteiger partial charge in [-0.05, 0) is 25.3 Å². The lowest BCUT2D eigenvalue weighted by molar-refractivity contribution is -0.332. The van der Waals surface area contributed by atoms with E-state index in [4.69, 9.17) is 28.4 Å². The fraction of sp³-hybridized carbons (Fsp3) is 0.917. The average Bonchev–Trinajstić information content (AvgIpc) is 2.82. The van der Waals surface area contributed by atoms with Crippen LogP contribution in [0, 0.1) is 0 Å². The van der Waals surface area contributed by atoms with E-state index in [0.29, 0.717) is 26.4 Å². The van der Waals surface area contributed by atoms with Crippen LogP contribution in [0.4, 0.5) is 0 Å². The minimum Gasteiger partial charge on any atom is -0.493 e. The van der Waals surface area contributed by atoms with Crippen molar-refractivity contribution in [2.75, 3.05) is 33.0 Å². The normalized spacial score (nSPS) is 34.4. The van der Waals surface area contributed by atoms with Crippen molar-refractivity contribution in [1.82, 2.24) is 0 Å². The first kappa shape index (κ1) is 28.5. The summed E-state index contributed by atoms with van der Waals surface area (Å²) in [6, 6.07) is 0. The Bertz CT molecular complexity index is 532. The molecule has 1 fully saturated rings. The Morgan fingerprint density at radius 3 is 2.15 bits per heavy atom. The molecule has 0 aromatic rings. The molecule has 2 aliphatic rings. The molecule has 33 heavy (non-hydrogen) atoms.